The number of nitrogens with zero attached hydrogens (tertiary/aromatic N) is 12. The Labute approximate surface area is 601 Å². The van der Waals surface area contributed by atoms with Gasteiger partial charge >= 0.3 is 0 Å². The molecule has 103 heavy (non-hydrogen) atoms. The van der Waals surface area contributed by atoms with Gasteiger partial charge in [-0.15, -0.1) is 0 Å². The van der Waals surface area contributed by atoms with E-state index in [4.69, 9.17) is 61.4 Å². The molecule has 3 atom stereocenters. The SMILES string of the molecule is COc1ccc(CN2C(c3ccc(-n4cnc(C)c4)c(OC)n3)=NOC[C@@H]2c2cc3ccc(C)cc3o2)cc1.COc1ccc(CN2C(c3ccc(Br)c(OC)n3)=NOC[C@@H]2c2cc3ccc(C)cc3o2)cc1.COc1nc(C2=N[C@@H](c3cc4ccc(C)cc4o3)CON2)ccc1-n1cnc(C)c1. The summed E-state index contributed by atoms with van der Waals surface area (Å²) >= 11 is 3.47. The Kier molecular flexibility index (Phi) is 19.9. The molecule has 0 amide bonds. The van der Waals surface area contributed by atoms with E-state index in [2.05, 4.69) is 118 Å². The van der Waals surface area contributed by atoms with E-state index in [1.54, 1.807) is 48.2 Å². The smallest absolute Gasteiger partial charge is 0.238 e. The Bertz CT molecular complexity index is 5290. The monoisotopic (exact) mass is 1450 g/mol. The van der Waals surface area contributed by atoms with E-state index in [1.165, 1.54) is 0 Å². The lowest BCUT2D eigenvalue weighted by atomic mass is 10.1. The first kappa shape index (κ1) is 68.2. The standard InChI is InChI=1S/C30H29N5O4.C26H24BrN3O4.C22H21N5O3/c1-19-5-8-22-14-28(39-27(22)13-19)26-17-38-33-29(35(26)16-21-6-9-23(36-3)10-7-21)24-11-12-25(30(32-24)37-4)34-15-20(2)31-18-34;1-16-4-7-18-13-24(34-23(18)12-16)22-15-33-29-25(21-11-10-20(27)26(28-21)32-3)30(22)14-17-5-8-19(31-2)9-6-17;1-13-4-5-15-9-20(30-19(15)8-13)17-11-29-26-21(24-17)16-6-7-18(22(25-16)28-3)27-10-14(2)23-12-27/h5-15,18,26H,16-17H2,1-4H3;4-13,22H,14-15H2,1-3H3;4-10,12,17H,11H2,1-3H3,(H,24,26)/t26-;22-;17-/m111/s1. The van der Waals surface area contributed by atoms with Crippen molar-refractivity contribution in [2.45, 2.75) is 65.8 Å². The summed E-state index contributed by atoms with van der Waals surface area (Å²) in [5, 5.41) is 12.0. The van der Waals surface area contributed by atoms with Gasteiger partial charge in [0.2, 0.25) is 17.6 Å². The number of fused-ring (bicyclic) bond motifs is 3. The number of hydroxylamine groups is 1. The van der Waals surface area contributed by atoms with E-state index in [-0.39, 0.29) is 18.1 Å². The molecule has 5 aromatic carbocycles. The van der Waals surface area contributed by atoms with Crippen LogP contribution in [-0.4, -0.2) is 117 Å². The molecular formula is C78H74BrN13O11. The zero-order valence-electron chi connectivity index (χ0n) is 58.3. The number of benzene rings is 5. The molecule has 25 heteroatoms. The first-order valence-corrected chi connectivity index (χ1v) is 34.0. The quantitative estimate of drug-likeness (QED) is 0.0890. The highest BCUT2D eigenvalue weighted by Gasteiger charge is 2.36. The number of aromatic nitrogens is 7. The maximum Gasteiger partial charge on any atom is 0.238 e. The molecule has 0 unspecified atom stereocenters. The Morgan fingerprint density at radius 3 is 1.33 bits per heavy atom. The number of aliphatic imine (C=N–C) groups is 1. The lowest BCUT2D eigenvalue weighted by molar-refractivity contribution is 0.0500. The highest BCUT2D eigenvalue weighted by molar-refractivity contribution is 9.10. The molecule has 0 radical (unpaired) electrons. The van der Waals surface area contributed by atoms with Crippen molar-refractivity contribution in [3.8, 4) is 40.5 Å². The van der Waals surface area contributed by atoms with Gasteiger partial charge in [-0.1, -0.05) is 71.0 Å². The second-order valence-electron chi connectivity index (χ2n) is 24.9. The number of ether oxygens (including phenoxy) is 5. The van der Waals surface area contributed by atoms with Crippen molar-refractivity contribution in [1.29, 1.82) is 0 Å². The van der Waals surface area contributed by atoms with Crippen LogP contribution in [0.15, 0.2) is 216 Å². The van der Waals surface area contributed by atoms with Crippen molar-refractivity contribution in [3.63, 3.8) is 0 Å². The summed E-state index contributed by atoms with van der Waals surface area (Å²) in [4.78, 5) is 48.8. The number of nitrogens with one attached hydrogen (secondary N) is 1. The van der Waals surface area contributed by atoms with Crippen LogP contribution in [0, 0.1) is 34.6 Å². The topological polar surface area (TPSA) is 243 Å². The predicted molar refractivity (Wildman–Crippen MR) is 393 cm³/mol. The van der Waals surface area contributed by atoms with E-state index >= 15 is 0 Å². The molecule has 0 bridgehead atoms. The first-order valence-electron chi connectivity index (χ1n) is 33.2. The third-order valence-electron chi connectivity index (χ3n) is 17.6. The van der Waals surface area contributed by atoms with Crippen LogP contribution < -0.4 is 29.2 Å². The number of halogens is 1. The van der Waals surface area contributed by atoms with Gasteiger partial charge in [0.15, 0.2) is 17.5 Å². The molecule has 1 N–H and O–H groups in total. The van der Waals surface area contributed by atoms with E-state index in [9.17, 15) is 0 Å². The Morgan fingerprint density at radius 2 is 0.883 bits per heavy atom. The van der Waals surface area contributed by atoms with E-state index < -0.39 is 0 Å². The van der Waals surface area contributed by atoms with Crippen LogP contribution >= 0.6 is 15.9 Å². The van der Waals surface area contributed by atoms with Gasteiger partial charge < -0.3 is 65.5 Å². The van der Waals surface area contributed by atoms with Crippen LogP contribution in [0.2, 0.25) is 0 Å². The van der Waals surface area contributed by atoms with Crippen molar-refractivity contribution in [2.24, 2.45) is 15.3 Å². The van der Waals surface area contributed by atoms with E-state index in [0.717, 1.165) is 117 Å². The fourth-order valence-corrected chi connectivity index (χ4v) is 12.6. The van der Waals surface area contributed by atoms with E-state index in [1.807, 2.05) is 158 Å². The normalized spacial score (nSPS) is 15.7. The summed E-state index contributed by atoms with van der Waals surface area (Å²) in [5.41, 5.74) is 16.3. The second kappa shape index (κ2) is 30.1. The highest BCUT2D eigenvalue weighted by atomic mass is 79.9. The summed E-state index contributed by atoms with van der Waals surface area (Å²) in [6.07, 6.45) is 7.31. The second-order valence-corrected chi connectivity index (χ2v) is 25.7. The van der Waals surface area contributed by atoms with Crippen LogP contribution in [0.1, 0.15) is 91.7 Å². The average molecular weight is 1450 g/mol. The zero-order valence-corrected chi connectivity index (χ0v) is 59.9. The molecule has 0 saturated carbocycles. The molecule has 3 aliphatic heterocycles. The number of oxime groups is 2. The van der Waals surface area contributed by atoms with Crippen molar-refractivity contribution < 1.29 is 51.4 Å². The molecule has 11 heterocycles. The zero-order chi connectivity index (χ0) is 71.3. The van der Waals surface area contributed by atoms with Crippen molar-refractivity contribution >= 4 is 66.3 Å². The largest absolute Gasteiger partial charge is 0.497 e. The minimum atomic E-state index is -0.266. The number of amidine groups is 3. The fourth-order valence-electron chi connectivity index (χ4n) is 12.3. The Morgan fingerprint density at radius 1 is 0.456 bits per heavy atom. The fraction of sp³-hybridized carbons (Fsp3) is 0.231. The summed E-state index contributed by atoms with van der Waals surface area (Å²) in [6.45, 7) is 12.2. The maximum atomic E-state index is 6.35. The molecule has 3 aliphatic rings. The third-order valence-corrected chi connectivity index (χ3v) is 18.2. The molecule has 8 aromatic heterocycles. The molecule has 13 aromatic rings. The summed E-state index contributed by atoms with van der Waals surface area (Å²) < 4.78 is 50.5. The summed E-state index contributed by atoms with van der Waals surface area (Å²) in [6, 6.07) is 51.4. The minimum absolute atomic E-state index is 0.196. The number of pyridine rings is 3. The van der Waals surface area contributed by atoms with Crippen LogP contribution in [0.5, 0.6) is 29.1 Å². The van der Waals surface area contributed by atoms with Gasteiger partial charge in [0.25, 0.3) is 0 Å². The molecular weight excluding hydrogens is 1370 g/mol. The van der Waals surface area contributed by atoms with Crippen LogP contribution in [-0.2, 0) is 27.6 Å². The van der Waals surface area contributed by atoms with Crippen LogP contribution in [0.25, 0.3) is 44.3 Å². The van der Waals surface area contributed by atoms with Gasteiger partial charge in [0.05, 0.1) is 64.1 Å². The molecule has 0 spiro atoms. The number of hydrogen-bond donors (Lipinski definition) is 1. The van der Waals surface area contributed by atoms with Crippen LogP contribution in [0.4, 0.5) is 0 Å². The van der Waals surface area contributed by atoms with E-state index in [0.29, 0.717) is 85.1 Å². The van der Waals surface area contributed by atoms with Crippen LogP contribution in [0.3, 0.4) is 0 Å². The van der Waals surface area contributed by atoms with Gasteiger partial charge in [-0.3, -0.25) is 9.83 Å². The van der Waals surface area contributed by atoms with Crippen molar-refractivity contribution in [3.05, 3.63) is 261 Å². The molecule has 524 valence electrons. The summed E-state index contributed by atoms with van der Waals surface area (Å²) in [5.74, 6) is 7.10. The lowest BCUT2D eigenvalue weighted by Gasteiger charge is -2.35. The molecule has 24 nitrogen and oxygen atoms in total. The Balaban J connectivity index is 0.000000132. The lowest BCUT2D eigenvalue weighted by Crippen LogP contribution is -2.40. The number of hydrogen-bond acceptors (Lipinski definition) is 22. The number of furan rings is 3. The molecule has 0 saturated heterocycles. The van der Waals surface area contributed by atoms with Gasteiger partial charge in [-0.25, -0.2) is 30.4 Å². The predicted octanol–water partition coefficient (Wildman–Crippen LogP) is 15.1. The first-order chi connectivity index (χ1) is 50.2. The molecule has 0 fully saturated rings. The van der Waals surface area contributed by atoms with Gasteiger partial charge in [-0.05, 0) is 175 Å². The third kappa shape index (κ3) is 15.0. The number of methoxy groups -OCH3 is 5. The van der Waals surface area contributed by atoms with Gasteiger partial charge in [0, 0.05) is 41.6 Å². The minimum Gasteiger partial charge on any atom is -0.497 e. The van der Waals surface area contributed by atoms with Gasteiger partial charge in [0.1, 0.15) is 112 Å². The maximum absolute atomic E-state index is 6.35. The van der Waals surface area contributed by atoms with Gasteiger partial charge in [-0.2, -0.15) is 0 Å². The number of aryl methyl sites for hydroxylation is 5. The molecule has 0 aliphatic carbocycles. The molecule has 16 rings (SSSR count). The Hall–Kier alpha value is -12.0. The highest BCUT2D eigenvalue weighted by Crippen LogP contribution is 2.38. The number of imidazole rings is 2. The van der Waals surface area contributed by atoms with Crippen molar-refractivity contribution in [2.75, 3.05) is 55.4 Å². The number of rotatable bonds is 17. The summed E-state index contributed by atoms with van der Waals surface area (Å²) in [7, 11) is 8.10. The average Bonchev–Trinajstić information content (AvgIpc) is 1.74. The van der Waals surface area contributed by atoms with Crippen molar-refractivity contribution in [1.82, 2.24) is 49.3 Å².